The number of rotatable bonds is 5. The lowest BCUT2D eigenvalue weighted by atomic mass is 10.2. The molecule has 0 aromatic heterocycles. The molecule has 0 aliphatic rings. The standard InChI is InChI=1S/C16H14BrClO3/c1-2-11-3-8-15(14(17)9-11)20-10-16(19)21-13-6-4-12(18)5-7-13/h3-9H,2,10H2,1H3. The Hall–Kier alpha value is -1.52. The molecule has 21 heavy (non-hydrogen) atoms. The van der Waals surface area contributed by atoms with Gasteiger partial charge in [0.1, 0.15) is 11.5 Å². The number of carbonyl (C=O) groups is 1. The van der Waals surface area contributed by atoms with E-state index in [2.05, 4.69) is 22.9 Å². The monoisotopic (exact) mass is 368 g/mol. The van der Waals surface area contributed by atoms with Crippen LogP contribution in [0.3, 0.4) is 0 Å². The molecule has 0 aliphatic heterocycles. The third-order valence-electron chi connectivity index (χ3n) is 2.80. The lowest BCUT2D eigenvalue weighted by Crippen LogP contribution is -2.17. The highest BCUT2D eigenvalue weighted by atomic mass is 79.9. The Bertz CT molecular complexity index is 626. The number of ether oxygens (including phenoxy) is 2. The molecule has 2 aromatic rings. The van der Waals surface area contributed by atoms with Gasteiger partial charge in [-0.1, -0.05) is 24.6 Å². The van der Waals surface area contributed by atoms with Crippen LogP contribution in [0.25, 0.3) is 0 Å². The van der Waals surface area contributed by atoms with E-state index in [-0.39, 0.29) is 6.61 Å². The summed E-state index contributed by atoms with van der Waals surface area (Å²) in [6, 6.07) is 12.3. The molecule has 0 radical (unpaired) electrons. The molecule has 0 bridgehead atoms. The van der Waals surface area contributed by atoms with Gasteiger partial charge >= 0.3 is 5.97 Å². The van der Waals surface area contributed by atoms with E-state index >= 15 is 0 Å². The highest BCUT2D eigenvalue weighted by Gasteiger charge is 2.08. The summed E-state index contributed by atoms with van der Waals surface area (Å²) in [4.78, 5) is 11.7. The summed E-state index contributed by atoms with van der Waals surface area (Å²) in [6.45, 7) is 1.92. The molecule has 0 atom stereocenters. The Morgan fingerprint density at radius 1 is 1.19 bits per heavy atom. The van der Waals surface area contributed by atoms with Gasteiger partial charge in [0, 0.05) is 5.02 Å². The van der Waals surface area contributed by atoms with E-state index in [4.69, 9.17) is 21.1 Å². The van der Waals surface area contributed by atoms with Crippen molar-refractivity contribution >= 4 is 33.5 Å². The third kappa shape index (κ3) is 4.76. The maximum absolute atomic E-state index is 11.7. The highest BCUT2D eigenvalue weighted by Crippen LogP contribution is 2.26. The maximum atomic E-state index is 11.7. The van der Waals surface area contributed by atoms with Crippen molar-refractivity contribution < 1.29 is 14.3 Å². The summed E-state index contributed by atoms with van der Waals surface area (Å²) in [5.74, 6) is 0.581. The van der Waals surface area contributed by atoms with E-state index in [0.717, 1.165) is 10.9 Å². The largest absolute Gasteiger partial charge is 0.481 e. The normalized spacial score (nSPS) is 10.2. The Labute approximate surface area is 137 Å². The first-order valence-corrected chi connectivity index (χ1v) is 7.63. The number of hydrogen-bond donors (Lipinski definition) is 0. The molecule has 0 aliphatic carbocycles. The van der Waals surface area contributed by atoms with Crippen molar-refractivity contribution in [3.63, 3.8) is 0 Å². The van der Waals surface area contributed by atoms with Gasteiger partial charge in [-0.3, -0.25) is 0 Å². The van der Waals surface area contributed by atoms with Crippen LogP contribution in [0.5, 0.6) is 11.5 Å². The van der Waals surface area contributed by atoms with E-state index in [0.29, 0.717) is 16.5 Å². The van der Waals surface area contributed by atoms with Crippen LogP contribution >= 0.6 is 27.5 Å². The zero-order valence-electron chi connectivity index (χ0n) is 11.4. The predicted molar refractivity (Wildman–Crippen MR) is 86.1 cm³/mol. The van der Waals surface area contributed by atoms with Crippen molar-refractivity contribution in [3.8, 4) is 11.5 Å². The highest BCUT2D eigenvalue weighted by molar-refractivity contribution is 9.10. The maximum Gasteiger partial charge on any atom is 0.349 e. The molecule has 0 spiro atoms. The summed E-state index contributed by atoms with van der Waals surface area (Å²) in [5.41, 5.74) is 1.19. The van der Waals surface area contributed by atoms with E-state index in [1.54, 1.807) is 24.3 Å². The van der Waals surface area contributed by atoms with Crippen molar-refractivity contribution in [2.75, 3.05) is 6.61 Å². The lowest BCUT2D eigenvalue weighted by Gasteiger charge is -2.09. The summed E-state index contributed by atoms with van der Waals surface area (Å²) < 4.78 is 11.4. The Morgan fingerprint density at radius 3 is 2.52 bits per heavy atom. The average molecular weight is 370 g/mol. The zero-order valence-corrected chi connectivity index (χ0v) is 13.8. The molecule has 0 heterocycles. The Balaban J connectivity index is 1.90. The molecular weight excluding hydrogens is 356 g/mol. The Morgan fingerprint density at radius 2 is 1.90 bits per heavy atom. The summed E-state index contributed by atoms with van der Waals surface area (Å²) in [6.07, 6.45) is 0.942. The first kappa shape index (κ1) is 15.9. The van der Waals surface area contributed by atoms with Gasteiger partial charge in [0.2, 0.25) is 0 Å². The second-order valence-electron chi connectivity index (χ2n) is 4.33. The minimum absolute atomic E-state index is 0.160. The van der Waals surface area contributed by atoms with Crippen molar-refractivity contribution in [3.05, 3.63) is 57.5 Å². The molecule has 5 heteroatoms. The van der Waals surface area contributed by atoms with Gasteiger partial charge in [-0.25, -0.2) is 4.79 Å². The van der Waals surface area contributed by atoms with E-state index < -0.39 is 5.97 Å². The Kier molecular flexibility index (Phi) is 5.65. The molecule has 0 saturated carbocycles. The van der Waals surface area contributed by atoms with Crippen LogP contribution in [0.1, 0.15) is 12.5 Å². The van der Waals surface area contributed by atoms with Gasteiger partial charge in [0.15, 0.2) is 6.61 Å². The fourth-order valence-corrected chi connectivity index (χ4v) is 2.35. The minimum atomic E-state index is -0.469. The average Bonchev–Trinajstić information content (AvgIpc) is 2.48. The van der Waals surface area contributed by atoms with Gasteiger partial charge in [0.05, 0.1) is 4.47 Å². The number of halogens is 2. The molecule has 0 saturated heterocycles. The molecule has 0 N–H and O–H groups in total. The van der Waals surface area contributed by atoms with Gasteiger partial charge in [0.25, 0.3) is 0 Å². The minimum Gasteiger partial charge on any atom is -0.481 e. The van der Waals surface area contributed by atoms with Crippen LogP contribution in [0.2, 0.25) is 5.02 Å². The summed E-state index contributed by atoms with van der Waals surface area (Å²) in [7, 11) is 0. The van der Waals surface area contributed by atoms with Crippen molar-refractivity contribution in [1.29, 1.82) is 0 Å². The van der Waals surface area contributed by atoms with Crippen LogP contribution < -0.4 is 9.47 Å². The fraction of sp³-hybridized carbons (Fsp3) is 0.188. The van der Waals surface area contributed by atoms with Gasteiger partial charge in [-0.15, -0.1) is 0 Å². The molecule has 3 nitrogen and oxygen atoms in total. The summed E-state index contributed by atoms with van der Waals surface area (Å²) in [5, 5.41) is 0.589. The molecular formula is C16H14BrClO3. The fourth-order valence-electron chi connectivity index (χ4n) is 1.68. The third-order valence-corrected chi connectivity index (χ3v) is 3.67. The molecule has 0 unspecified atom stereocenters. The van der Waals surface area contributed by atoms with E-state index in [1.807, 2.05) is 18.2 Å². The van der Waals surface area contributed by atoms with Crippen LogP contribution in [0, 0.1) is 0 Å². The van der Waals surface area contributed by atoms with Crippen LogP contribution in [0.15, 0.2) is 46.9 Å². The second-order valence-corrected chi connectivity index (χ2v) is 5.63. The topological polar surface area (TPSA) is 35.5 Å². The van der Waals surface area contributed by atoms with Crippen molar-refractivity contribution in [2.24, 2.45) is 0 Å². The quantitative estimate of drug-likeness (QED) is 0.568. The molecule has 2 rings (SSSR count). The molecule has 110 valence electrons. The van der Waals surface area contributed by atoms with Gasteiger partial charge in [-0.2, -0.15) is 0 Å². The van der Waals surface area contributed by atoms with E-state index in [9.17, 15) is 4.79 Å². The molecule has 2 aromatic carbocycles. The molecule has 0 amide bonds. The SMILES string of the molecule is CCc1ccc(OCC(=O)Oc2ccc(Cl)cc2)c(Br)c1. The van der Waals surface area contributed by atoms with Crippen molar-refractivity contribution in [2.45, 2.75) is 13.3 Å². The van der Waals surface area contributed by atoms with Crippen LogP contribution in [0.4, 0.5) is 0 Å². The summed E-state index contributed by atoms with van der Waals surface area (Å²) >= 11 is 9.18. The molecule has 0 fully saturated rings. The number of carbonyl (C=O) groups excluding carboxylic acids is 1. The number of hydrogen-bond acceptors (Lipinski definition) is 3. The van der Waals surface area contributed by atoms with Crippen molar-refractivity contribution in [1.82, 2.24) is 0 Å². The second kappa shape index (κ2) is 7.48. The lowest BCUT2D eigenvalue weighted by molar-refractivity contribution is -0.136. The first-order valence-electron chi connectivity index (χ1n) is 6.46. The smallest absolute Gasteiger partial charge is 0.349 e. The number of esters is 1. The van der Waals surface area contributed by atoms with Crippen LogP contribution in [-0.2, 0) is 11.2 Å². The number of aryl methyl sites for hydroxylation is 1. The first-order chi connectivity index (χ1) is 10.1. The van der Waals surface area contributed by atoms with Gasteiger partial charge in [-0.05, 0) is 64.3 Å². The van der Waals surface area contributed by atoms with E-state index in [1.165, 1.54) is 5.56 Å². The predicted octanol–water partition coefficient (Wildman–Crippen LogP) is 4.65. The van der Waals surface area contributed by atoms with Gasteiger partial charge < -0.3 is 9.47 Å². The number of benzene rings is 2. The van der Waals surface area contributed by atoms with Crippen LogP contribution in [-0.4, -0.2) is 12.6 Å². The zero-order chi connectivity index (χ0) is 15.2.